The van der Waals surface area contributed by atoms with Crippen molar-refractivity contribution in [3.63, 3.8) is 0 Å². The van der Waals surface area contributed by atoms with E-state index in [1.165, 1.54) is 18.2 Å². The van der Waals surface area contributed by atoms with Crippen LogP contribution in [0.25, 0.3) is 11.0 Å². The molecule has 0 spiro atoms. The Bertz CT molecular complexity index is 1080. The molecule has 0 radical (unpaired) electrons. The van der Waals surface area contributed by atoms with Crippen LogP contribution in [0.4, 0.5) is 0 Å². The van der Waals surface area contributed by atoms with Gasteiger partial charge in [-0.3, -0.25) is 4.79 Å². The summed E-state index contributed by atoms with van der Waals surface area (Å²) in [5.41, 5.74) is 1.43. The molecule has 9 heteroatoms. The molecule has 2 aromatic carbocycles. The summed E-state index contributed by atoms with van der Waals surface area (Å²) in [5, 5.41) is 0. The highest BCUT2D eigenvalue weighted by Crippen LogP contribution is 2.15. The van der Waals surface area contributed by atoms with Crippen LogP contribution >= 0.6 is 0 Å². The number of aromatic amines is 2. The van der Waals surface area contributed by atoms with Gasteiger partial charge >= 0.3 is 11.7 Å². The van der Waals surface area contributed by atoms with Gasteiger partial charge in [-0.15, -0.1) is 0 Å². The van der Waals surface area contributed by atoms with E-state index in [1.54, 1.807) is 24.3 Å². The van der Waals surface area contributed by atoms with Gasteiger partial charge in [0.15, 0.2) is 0 Å². The van der Waals surface area contributed by atoms with Crippen LogP contribution in [0.2, 0.25) is 0 Å². The van der Waals surface area contributed by atoms with Gasteiger partial charge < -0.3 is 14.7 Å². The molecule has 0 unspecified atom stereocenters. The molecule has 0 atom stereocenters. The number of hydrogen-bond acceptors (Lipinski definition) is 5. The van der Waals surface area contributed by atoms with Crippen molar-refractivity contribution in [2.24, 2.45) is 0 Å². The lowest BCUT2D eigenvalue weighted by atomic mass is 10.2. The number of ether oxygens (including phenoxy) is 1. The Kier molecular flexibility index (Phi) is 4.43. The normalized spacial score (nSPS) is 11.6. The Morgan fingerprint density at radius 2 is 1.76 bits per heavy atom. The van der Waals surface area contributed by atoms with E-state index < -0.39 is 28.2 Å². The van der Waals surface area contributed by atoms with Gasteiger partial charge in [-0.1, -0.05) is 17.7 Å². The van der Waals surface area contributed by atoms with Crippen molar-refractivity contribution < 1.29 is 17.9 Å². The van der Waals surface area contributed by atoms with Crippen LogP contribution in [-0.2, 0) is 14.8 Å². The summed E-state index contributed by atoms with van der Waals surface area (Å²) in [6, 6.07) is 10.9. The average Bonchev–Trinajstić information content (AvgIpc) is 2.94. The number of hydrogen-bond donors (Lipinski definition) is 3. The minimum absolute atomic E-state index is 0.0709. The van der Waals surface area contributed by atoms with Crippen LogP contribution in [0.15, 0.2) is 52.2 Å². The monoisotopic (exact) mass is 361 g/mol. The topological polar surface area (TPSA) is 121 Å². The van der Waals surface area contributed by atoms with Crippen LogP contribution in [0.5, 0.6) is 5.75 Å². The van der Waals surface area contributed by atoms with Gasteiger partial charge in [0, 0.05) is 0 Å². The first-order valence-electron chi connectivity index (χ1n) is 7.32. The third-order valence-corrected chi connectivity index (χ3v) is 4.86. The van der Waals surface area contributed by atoms with E-state index in [0.29, 0.717) is 16.8 Å². The Morgan fingerprint density at radius 3 is 2.48 bits per heavy atom. The van der Waals surface area contributed by atoms with Crippen molar-refractivity contribution in [2.45, 2.75) is 11.8 Å². The molecule has 0 aliphatic carbocycles. The Balaban J connectivity index is 1.68. The second kappa shape index (κ2) is 6.54. The smallest absolute Gasteiger partial charge is 0.326 e. The summed E-state index contributed by atoms with van der Waals surface area (Å²) in [6.45, 7) is 1.38. The van der Waals surface area contributed by atoms with Gasteiger partial charge in [0.25, 0.3) is 0 Å². The number of benzene rings is 2. The Morgan fingerprint density at radius 1 is 1.08 bits per heavy atom. The predicted octanol–water partition coefficient (Wildman–Crippen LogP) is 1.05. The van der Waals surface area contributed by atoms with Gasteiger partial charge in [0.1, 0.15) is 12.3 Å². The zero-order valence-corrected chi connectivity index (χ0v) is 14.0. The van der Waals surface area contributed by atoms with E-state index in [1.807, 2.05) is 6.92 Å². The molecule has 1 aromatic heterocycles. The fourth-order valence-corrected chi connectivity index (χ4v) is 3.18. The van der Waals surface area contributed by atoms with E-state index in [-0.39, 0.29) is 4.90 Å². The van der Waals surface area contributed by atoms with Gasteiger partial charge in [0.2, 0.25) is 10.0 Å². The lowest BCUT2D eigenvalue weighted by molar-refractivity contribution is -0.133. The number of carbonyl (C=O) groups is 1. The fourth-order valence-electron chi connectivity index (χ4n) is 2.19. The van der Waals surface area contributed by atoms with E-state index in [0.717, 1.165) is 5.56 Å². The number of imidazole rings is 1. The summed E-state index contributed by atoms with van der Waals surface area (Å²) >= 11 is 0. The van der Waals surface area contributed by atoms with E-state index >= 15 is 0 Å². The number of aryl methyl sites for hydroxylation is 1. The maximum Gasteiger partial charge on any atom is 0.326 e. The molecule has 3 aromatic rings. The molecule has 130 valence electrons. The number of esters is 1. The minimum Gasteiger partial charge on any atom is -0.426 e. The molecule has 0 aliphatic rings. The highest BCUT2D eigenvalue weighted by molar-refractivity contribution is 7.89. The first-order chi connectivity index (χ1) is 11.8. The highest BCUT2D eigenvalue weighted by atomic mass is 32.2. The number of rotatable bonds is 5. The number of carbonyl (C=O) groups excluding carboxylic acids is 1. The second-order valence-electron chi connectivity index (χ2n) is 5.40. The summed E-state index contributed by atoms with van der Waals surface area (Å²) in [7, 11) is -3.92. The van der Waals surface area contributed by atoms with Gasteiger partial charge in [0.05, 0.1) is 15.9 Å². The molecule has 0 saturated carbocycles. The molecule has 0 bridgehead atoms. The van der Waals surface area contributed by atoms with Crippen molar-refractivity contribution in [3.05, 3.63) is 58.5 Å². The zero-order valence-electron chi connectivity index (χ0n) is 13.2. The van der Waals surface area contributed by atoms with Crippen LogP contribution in [0.1, 0.15) is 5.56 Å². The molecule has 0 aliphatic heterocycles. The van der Waals surface area contributed by atoms with E-state index in [2.05, 4.69) is 14.7 Å². The fraction of sp³-hybridized carbons (Fsp3) is 0.125. The SMILES string of the molecule is Cc1ccc(OC(=O)CNS(=O)(=O)c2ccc3[nH]c(=O)[nH]c3c2)cc1. The van der Waals surface area contributed by atoms with Crippen molar-refractivity contribution >= 4 is 27.0 Å². The van der Waals surface area contributed by atoms with E-state index in [9.17, 15) is 18.0 Å². The second-order valence-corrected chi connectivity index (χ2v) is 7.17. The van der Waals surface area contributed by atoms with Crippen molar-refractivity contribution in [3.8, 4) is 5.75 Å². The molecule has 3 rings (SSSR count). The summed E-state index contributed by atoms with van der Waals surface area (Å²) in [6.07, 6.45) is 0. The Hall–Kier alpha value is -2.91. The molecular formula is C16H15N3O5S. The number of H-pyrrole nitrogens is 2. The lowest BCUT2D eigenvalue weighted by Crippen LogP contribution is -2.32. The summed E-state index contributed by atoms with van der Waals surface area (Å²) < 4.78 is 31.8. The minimum atomic E-state index is -3.92. The predicted molar refractivity (Wildman–Crippen MR) is 90.9 cm³/mol. The number of aromatic nitrogens is 2. The third kappa shape index (κ3) is 3.95. The van der Waals surface area contributed by atoms with Gasteiger partial charge in [-0.05, 0) is 37.3 Å². The first-order valence-corrected chi connectivity index (χ1v) is 8.81. The van der Waals surface area contributed by atoms with Crippen molar-refractivity contribution in [1.29, 1.82) is 0 Å². The lowest BCUT2D eigenvalue weighted by Gasteiger charge is -2.07. The molecule has 8 nitrogen and oxygen atoms in total. The first kappa shape index (κ1) is 16.9. The average molecular weight is 361 g/mol. The van der Waals surface area contributed by atoms with Crippen molar-refractivity contribution in [1.82, 2.24) is 14.7 Å². The third-order valence-electron chi connectivity index (χ3n) is 3.46. The van der Waals surface area contributed by atoms with Crippen molar-refractivity contribution in [2.75, 3.05) is 6.54 Å². The Labute approximate surface area is 142 Å². The van der Waals surface area contributed by atoms with Gasteiger partial charge in [-0.2, -0.15) is 4.72 Å². The largest absolute Gasteiger partial charge is 0.426 e. The molecular weight excluding hydrogens is 346 g/mol. The van der Waals surface area contributed by atoms with E-state index in [4.69, 9.17) is 4.74 Å². The van der Waals surface area contributed by atoms with Crippen LogP contribution < -0.4 is 15.1 Å². The van der Waals surface area contributed by atoms with Crippen LogP contribution in [-0.4, -0.2) is 30.9 Å². The standard InChI is InChI=1S/C16H15N3O5S/c1-10-2-4-11(5-3-10)24-15(20)9-17-25(22,23)12-6-7-13-14(8-12)19-16(21)18-13/h2-8,17H,9H2,1H3,(H2,18,19,21). The summed E-state index contributed by atoms with van der Waals surface area (Å²) in [5.74, 6) is -0.398. The van der Waals surface area contributed by atoms with Crippen LogP contribution in [0, 0.1) is 6.92 Å². The van der Waals surface area contributed by atoms with Crippen LogP contribution in [0.3, 0.4) is 0 Å². The molecule has 3 N–H and O–H groups in total. The quantitative estimate of drug-likeness (QED) is 0.463. The summed E-state index contributed by atoms with van der Waals surface area (Å²) in [4.78, 5) is 27.9. The molecule has 0 fully saturated rings. The zero-order chi connectivity index (χ0) is 18.0. The molecule has 0 amide bonds. The number of fused-ring (bicyclic) bond motifs is 1. The maximum absolute atomic E-state index is 12.3. The number of sulfonamides is 1. The highest BCUT2D eigenvalue weighted by Gasteiger charge is 2.17. The molecule has 25 heavy (non-hydrogen) atoms. The molecule has 1 heterocycles. The maximum atomic E-state index is 12.3. The van der Waals surface area contributed by atoms with Gasteiger partial charge in [-0.25, -0.2) is 13.2 Å². The number of nitrogens with one attached hydrogen (secondary N) is 3. The molecule has 0 saturated heterocycles.